The fraction of sp³-hybridized carbons (Fsp3) is 0.588. The van der Waals surface area contributed by atoms with Gasteiger partial charge in [-0.2, -0.15) is 0 Å². The number of carbonyl (C=O) groups is 1. The summed E-state index contributed by atoms with van der Waals surface area (Å²) < 4.78 is 33.7. The molecule has 1 heterocycles. The number of sulfonamides is 1. The molecule has 2 saturated carbocycles. The van der Waals surface area contributed by atoms with E-state index in [4.69, 9.17) is 4.74 Å². The molecule has 1 aromatic rings. The Labute approximate surface area is 142 Å². The fourth-order valence-corrected chi connectivity index (χ4v) is 4.50. The van der Waals surface area contributed by atoms with Gasteiger partial charge in [-0.05, 0) is 62.3 Å². The van der Waals surface area contributed by atoms with Gasteiger partial charge in [0, 0.05) is 18.5 Å². The number of nitrogens with one attached hydrogen (secondary N) is 2. The molecule has 6 nitrogen and oxygen atoms in total. The molecule has 1 aromatic carbocycles. The Balaban J connectivity index is 1.46. The van der Waals surface area contributed by atoms with Crippen LogP contribution in [-0.2, 0) is 14.8 Å². The van der Waals surface area contributed by atoms with Crippen LogP contribution in [0.1, 0.15) is 38.5 Å². The summed E-state index contributed by atoms with van der Waals surface area (Å²) >= 11 is 0. The monoisotopic (exact) mass is 350 g/mol. The molecule has 0 radical (unpaired) electrons. The van der Waals surface area contributed by atoms with Crippen molar-refractivity contribution in [1.82, 2.24) is 10.0 Å². The van der Waals surface area contributed by atoms with E-state index in [1.165, 1.54) is 0 Å². The molecule has 1 saturated heterocycles. The van der Waals surface area contributed by atoms with E-state index in [0.717, 1.165) is 25.7 Å². The standard InChI is InChI=1S/C17H22N2O4S/c20-16-10-9-15(17(18-16)11-1-2-11)19-24(21,22)14-7-5-13(6-8-14)23-12-3-4-12/h5-8,11-12,15,17,19H,1-4,9-10H2,(H,18,20)/t15-,17+/m1/s1. The van der Waals surface area contributed by atoms with Crippen molar-refractivity contribution in [1.29, 1.82) is 0 Å². The highest BCUT2D eigenvalue weighted by atomic mass is 32.2. The molecular formula is C17H22N2O4S. The largest absolute Gasteiger partial charge is 0.490 e. The van der Waals surface area contributed by atoms with Crippen molar-refractivity contribution in [3.63, 3.8) is 0 Å². The molecule has 0 aromatic heterocycles. The lowest BCUT2D eigenvalue weighted by Crippen LogP contribution is -2.56. The highest BCUT2D eigenvalue weighted by Gasteiger charge is 2.41. The SMILES string of the molecule is O=C1CC[C@@H](NS(=O)(=O)c2ccc(OC3CC3)cc2)[C@H](C2CC2)N1. The highest BCUT2D eigenvalue weighted by Crippen LogP contribution is 2.36. The van der Waals surface area contributed by atoms with E-state index >= 15 is 0 Å². The molecule has 0 bridgehead atoms. The second-order valence-electron chi connectivity index (χ2n) is 6.99. The van der Waals surface area contributed by atoms with Gasteiger partial charge in [0.15, 0.2) is 0 Å². The van der Waals surface area contributed by atoms with E-state index in [9.17, 15) is 13.2 Å². The fourth-order valence-electron chi connectivity index (χ4n) is 3.20. The first-order chi connectivity index (χ1) is 11.5. The molecule has 2 atom stereocenters. The van der Waals surface area contributed by atoms with Crippen molar-refractivity contribution >= 4 is 15.9 Å². The van der Waals surface area contributed by atoms with Crippen molar-refractivity contribution in [3.8, 4) is 5.75 Å². The van der Waals surface area contributed by atoms with Crippen LogP contribution in [0.3, 0.4) is 0 Å². The predicted molar refractivity (Wildman–Crippen MR) is 88.1 cm³/mol. The van der Waals surface area contributed by atoms with Crippen molar-refractivity contribution in [2.24, 2.45) is 5.92 Å². The van der Waals surface area contributed by atoms with Gasteiger partial charge in [-0.15, -0.1) is 0 Å². The van der Waals surface area contributed by atoms with Gasteiger partial charge >= 0.3 is 0 Å². The summed E-state index contributed by atoms with van der Waals surface area (Å²) in [6.07, 6.45) is 5.44. The Morgan fingerprint density at radius 1 is 1.04 bits per heavy atom. The smallest absolute Gasteiger partial charge is 0.240 e. The van der Waals surface area contributed by atoms with E-state index in [-0.39, 0.29) is 29.0 Å². The third-order valence-corrected chi connectivity index (χ3v) is 6.35. The van der Waals surface area contributed by atoms with Gasteiger partial charge in [-0.1, -0.05) is 0 Å². The zero-order chi connectivity index (χ0) is 16.7. The minimum absolute atomic E-state index is 0.0175. The predicted octanol–water partition coefficient (Wildman–Crippen LogP) is 1.56. The van der Waals surface area contributed by atoms with E-state index in [2.05, 4.69) is 10.0 Å². The van der Waals surface area contributed by atoms with Gasteiger partial charge in [0.2, 0.25) is 15.9 Å². The summed E-state index contributed by atoms with van der Waals surface area (Å²) in [5.74, 6) is 1.12. The van der Waals surface area contributed by atoms with Crippen LogP contribution in [0.4, 0.5) is 0 Å². The molecule has 130 valence electrons. The number of piperidine rings is 1. The number of amides is 1. The molecule has 1 amide bonds. The van der Waals surface area contributed by atoms with Crippen LogP contribution in [0.25, 0.3) is 0 Å². The molecular weight excluding hydrogens is 328 g/mol. The maximum Gasteiger partial charge on any atom is 0.240 e. The molecule has 4 rings (SSSR count). The van der Waals surface area contributed by atoms with E-state index < -0.39 is 10.0 Å². The maximum atomic E-state index is 12.7. The van der Waals surface area contributed by atoms with Crippen LogP contribution < -0.4 is 14.8 Å². The first kappa shape index (κ1) is 15.9. The molecule has 3 aliphatic rings. The topological polar surface area (TPSA) is 84.5 Å². The maximum absolute atomic E-state index is 12.7. The van der Waals surface area contributed by atoms with Crippen LogP contribution in [0, 0.1) is 5.92 Å². The Hall–Kier alpha value is -1.60. The van der Waals surface area contributed by atoms with E-state index in [0.29, 0.717) is 24.5 Å². The third-order valence-electron chi connectivity index (χ3n) is 4.84. The van der Waals surface area contributed by atoms with Crippen molar-refractivity contribution in [2.75, 3.05) is 0 Å². The minimum Gasteiger partial charge on any atom is -0.490 e. The van der Waals surface area contributed by atoms with Crippen LogP contribution in [0.2, 0.25) is 0 Å². The van der Waals surface area contributed by atoms with Crippen LogP contribution in [-0.4, -0.2) is 32.5 Å². The number of rotatable bonds is 6. The Morgan fingerprint density at radius 2 is 1.75 bits per heavy atom. The average Bonchev–Trinajstić information content (AvgIpc) is 3.43. The van der Waals surface area contributed by atoms with Gasteiger partial charge in [-0.3, -0.25) is 4.79 Å². The van der Waals surface area contributed by atoms with Crippen molar-refractivity contribution < 1.29 is 17.9 Å². The Morgan fingerprint density at radius 3 is 2.38 bits per heavy atom. The van der Waals surface area contributed by atoms with E-state index in [1.807, 2.05) is 0 Å². The van der Waals surface area contributed by atoms with Gasteiger partial charge in [0.05, 0.1) is 11.0 Å². The lowest BCUT2D eigenvalue weighted by molar-refractivity contribution is -0.123. The number of ether oxygens (including phenoxy) is 1. The number of hydrogen-bond acceptors (Lipinski definition) is 4. The van der Waals surface area contributed by atoms with Gasteiger partial charge in [0.25, 0.3) is 0 Å². The lowest BCUT2D eigenvalue weighted by Gasteiger charge is -2.32. The molecule has 0 unspecified atom stereocenters. The molecule has 24 heavy (non-hydrogen) atoms. The molecule has 1 aliphatic heterocycles. The number of benzene rings is 1. The third kappa shape index (κ3) is 3.57. The number of carbonyl (C=O) groups excluding carboxylic acids is 1. The molecule has 7 heteroatoms. The molecule has 3 fully saturated rings. The summed E-state index contributed by atoms with van der Waals surface area (Å²) in [6.45, 7) is 0. The Bertz CT molecular complexity index is 723. The Kier molecular flexibility index (Phi) is 4.00. The van der Waals surface area contributed by atoms with Gasteiger partial charge in [0.1, 0.15) is 5.75 Å². The average molecular weight is 350 g/mol. The summed E-state index contributed by atoms with van der Waals surface area (Å²) in [6, 6.07) is 6.24. The highest BCUT2D eigenvalue weighted by molar-refractivity contribution is 7.89. The van der Waals surface area contributed by atoms with Crippen molar-refractivity contribution in [3.05, 3.63) is 24.3 Å². The van der Waals surface area contributed by atoms with Crippen molar-refractivity contribution in [2.45, 2.75) is 61.6 Å². The minimum atomic E-state index is -3.60. The zero-order valence-electron chi connectivity index (χ0n) is 13.4. The number of hydrogen-bond donors (Lipinski definition) is 2. The van der Waals surface area contributed by atoms with Crippen LogP contribution in [0.15, 0.2) is 29.2 Å². The van der Waals surface area contributed by atoms with Crippen LogP contribution in [0.5, 0.6) is 5.75 Å². The summed E-state index contributed by atoms with van der Waals surface area (Å²) in [4.78, 5) is 11.8. The molecule has 2 N–H and O–H groups in total. The lowest BCUT2D eigenvalue weighted by atomic mass is 9.95. The normalized spacial score (nSPS) is 27.6. The summed E-state index contributed by atoms with van der Waals surface area (Å²) in [7, 11) is -3.60. The quantitative estimate of drug-likeness (QED) is 0.815. The zero-order valence-corrected chi connectivity index (χ0v) is 14.2. The summed E-state index contributed by atoms with van der Waals surface area (Å²) in [5.41, 5.74) is 0. The second-order valence-corrected chi connectivity index (χ2v) is 8.70. The first-order valence-electron chi connectivity index (χ1n) is 8.60. The second kappa shape index (κ2) is 6.04. The summed E-state index contributed by atoms with van der Waals surface area (Å²) in [5, 5.41) is 2.95. The van der Waals surface area contributed by atoms with E-state index in [1.54, 1.807) is 24.3 Å². The van der Waals surface area contributed by atoms with Gasteiger partial charge in [-0.25, -0.2) is 13.1 Å². The molecule has 0 spiro atoms. The van der Waals surface area contributed by atoms with Gasteiger partial charge < -0.3 is 10.1 Å². The molecule has 2 aliphatic carbocycles. The van der Waals surface area contributed by atoms with Crippen LogP contribution >= 0.6 is 0 Å². The first-order valence-corrected chi connectivity index (χ1v) is 10.1.